The quantitative estimate of drug-likeness (QED) is 0.596. The van der Waals surface area contributed by atoms with Crippen LogP contribution in [0.2, 0.25) is 0 Å². The lowest BCUT2D eigenvalue weighted by Crippen LogP contribution is -2.07. The molecule has 0 saturated carbocycles. The van der Waals surface area contributed by atoms with E-state index in [0.29, 0.717) is 5.78 Å². The van der Waals surface area contributed by atoms with E-state index in [1.807, 2.05) is 20.9 Å². The minimum Gasteiger partial charge on any atom is -0.320 e. The second kappa shape index (κ2) is 16.1. The molecule has 0 radical (unpaired) electrons. The van der Waals surface area contributed by atoms with Crippen LogP contribution in [0.4, 0.5) is 13.2 Å². The first-order valence-corrected chi connectivity index (χ1v) is 6.00. The Kier molecular flexibility index (Phi) is 19.9. The van der Waals surface area contributed by atoms with Crippen LogP contribution < -0.4 is 5.32 Å². The minimum atomic E-state index is -4.64. The van der Waals surface area contributed by atoms with Crippen molar-refractivity contribution in [2.24, 2.45) is 0 Å². The van der Waals surface area contributed by atoms with E-state index in [1.54, 1.807) is 6.92 Å². The molecule has 1 N–H and O–H groups in total. The molecule has 3 nitrogen and oxygen atoms in total. The third kappa shape index (κ3) is 36.3. The molecule has 0 bridgehead atoms. The molecule has 0 aliphatic rings. The number of hydrogen-bond donors (Lipinski definition) is 1. The van der Waals surface area contributed by atoms with Gasteiger partial charge in [-0.3, -0.25) is 4.79 Å². The highest BCUT2D eigenvalue weighted by molar-refractivity contribution is 5.75. The molecule has 0 spiro atoms. The van der Waals surface area contributed by atoms with Crippen molar-refractivity contribution in [1.82, 2.24) is 5.32 Å². The van der Waals surface area contributed by atoms with Crippen LogP contribution in [0.25, 0.3) is 0 Å². The van der Waals surface area contributed by atoms with Gasteiger partial charge in [0.25, 0.3) is 0 Å². The minimum absolute atomic E-state index is 0.310. The van der Waals surface area contributed by atoms with Gasteiger partial charge in [0.2, 0.25) is 6.29 Å². The van der Waals surface area contributed by atoms with Crippen LogP contribution in [0.5, 0.6) is 0 Å². The molecule has 0 fully saturated rings. The number of nitrogens with one attached hydrogen (secondary N) is 1. The van der Waals surface area contributed by atoms with E-state index in [2.05, 4.69) is 5.32 Å². The van der Waals surface area contributed by atoms with E-state index >= 15 is 0 Å². The molecule has 6 heteroatoms. The van der Waals surface area contributed by atoms with Gasteiger partial charge in [-0.15, -0.1) is 0 Å². The molecule has 0 unspecified atom stereocenters. The smallest absolute Gasteiger partial charge is 0.320 e. The highest BCUT2D eigenvalue weighted by atomic mass is 19.4. The highest BCUT2D eigenvalue weighted by Crippen LogP contribution is 2.08. The summed E-state index contributed by atoms with van der Waals surface area (Å²) >= 11 is 0. The van der Waals surface area contributed by atoms with Gasteiger partial charge in [-0.2, -0.15) is 13.2 Å². The zero-order chi connectivity index (χ0) is 15.0. The van der Waals surface area contributed by atoms with Gasteiger partial charge in [0.1, 0.15) is 5.78 Å². The normalized spacial score (nSPS) is 9.50. The number of ketones is 1. The summed E-state index contributed by atoms with van der Waals surface area (Å²) in [4.78, 5) is 19.2. The van der Waals surface area contributed by atoms with Crippen molar-refractivity contribution >= 4 is 12.1 Å². The number of halogens is 3. The van der Waals surface area contributed by atoms with E-state index in [4.69, 9.17) is 4.79 Å². The summed E-state index contributed by atoms with van der Waals surface area (Å²) in [7, 11) is 1.95. The van der Waals surface area contributed by atoms with Crippen LogP contribution in [-0.2, 0) is 9.59 Å². The Labute approximate surface area is 107 Å². The van der Waals surface area contributed by atoms with Gasteiger partial charge in [0.15, 0.2) is 0 Å². The largest absolute Gasteiger partial charge is 0.446 e. The fourth-order valence-corrected chi connectivity index (χ4v) is 0.852. The summed E-state index contributed by atoms with van der Waals surface area (Å²) in [6, 6.07) is 0. The molecule has 0 aliphatic carbocycles. The molecule has 0 aromatic carbocycles. The standard InChI is InChI=1S/C8H17NO.C2HF3O.C2H6/c1-8(10)6-4-3-5-7-9-2;3-2(4,5)1-6;1-2/h9H,3-7H2,1-2H3;1H;1-2H3. The van der Waals surface area contributed by atoms with Crippen LogP contribution in [0.1, 0.15) is 46.5 Å². The number of Topliss-reactive ketones (excluding diaryl/α,β-unsaturated/α-hetero) is 1. The van der Waals surface area contributed by atoms with Gasteiger partial charge >= 0.3 is 6.18 Å². The first-order chi connectivity index (χ1) is 8.33. The molecule has 0 aliphatic heterocycles. The van der Waals surface area contributed by atoms with Crippen LogP contribution in [0.15, 0.2) is 0 Å². The SMILES string of the molecule is CC.CNCCCCCC(C)=O.O=CC(F)(F)F. The predicted octanol–water partition coefficient (Wildman–Crippen LogP) is 3.13. The third-order valence-corrected chi connectivity index (χ3v) is 1.59. The van der Waals surface area contributed by atoms with Crippen molar-refractivity contribution in [2.45, 2.75) is 52.6 Å². The monoisotopic (exact) mass is 271 g/mol. The lowest BCUT2D eigenvalue weighted by Gasteiger charge is -1.97. The van der Waals surface area contributed by atoms with Crippen LogP contribution >= 0.6 is 0 Å². The van der Waals surface area contributed by atoms with Gasteiger partial charge in [-0.1, -0.05) is 20.3 Å². The summed E-state index contributed by atoms with van der Waals surface area (Å²) in [5.41, 5.74) is 0. The number of rotatable bonds is 6. The Morgan fingerprint density at radius 2 is 1.61 bits per heavy atom. The Morgan fingerprint density at radius 3 is 1.89 bits per heavy atom. The maximum absolute atomic E-state index is 10.5. The predicted molar refractivity (Wildman–Crippen MR) is 66.5 cm³/mol. The van der Waals surface area contributed by atoms with Gasteiger partial charge in [0.05, 0.1) is 0 Å². The second-order valence-corrected chi connectivity index (χ2v) is 3.28. The lowest BCUT2D eigenvalue weighted by atomic mass is 10.1. The zero-order valence-corrected chi connectivity index (χ0v) is 11.6. The summed E-state index contributed by atoms with van der Waals surface area (Å²) in [5.74, 6) is 0.310. The average molecular weight is 271 g/mol. The van der Waals surface area contributed by atoms with Crippen molar-refractivity contribution in [3.63, 3.8) is 0 Å². The van der Waals surface area contributed by atoms with E-state index < -0.39 is 12.5 Å². The molecule has 0 aromatic heterocycles. The number of alkyl halides is 3. The second-order valence-electron chi connectivity index (χ2n) is 3.28. The number of carbonyl (C=O) groups excluding carboxylic acids is 2. The van der Waals surface area contributed by atoms with Crippen molar-refractivity contribution < 1.29 is 22.8 Å². The molecular weight excluding hydrogens is 247 g/mol. The lowest BCUT2D eigenvalue weighted by molar-refractivity contribution is -0.156. The van der Waals surface area contributed by atoms with E-state index in [9.17, 15) is 18.0 Å². The summed E-state index contributed by atoms with van der Waals surface area (Å²) < 4.78 is 31.2. The Morgan fingerprint density at radius 1 is 1.17 bits per heavy atom. The number of aldehydes is 1. The molecule has 0 aromatic rings. The Balaban J connectivity index is -0.000000241. The van der Waals surface area contributed by atoms with Gasteiger partial charge in [0, 0.05) is 6.42 Å². The van der Waals surface area contributed by atoms with Gasteiger partial charge in [-0.05, 0) is 33.4 Å². The summed E-state index contributed by atoms with van der Waals surface area (Å²) in [6.07, 6.45) is -1.54. The fraction of sp³-hybridized carbons (Fsp3) is 0.833. The maximum atomic E-state index is 10.5. The van der Waals surface area contributed by atoms with E-state index in [1.165, 1.54) is 12.8 Å². The molecule has 0 heterocycles. The molecule has 0 saturated heterocycles. The molecule has 18 heavy (non-hydrogen) atoms. The highest BCUT2D eigenvalue weighted by Gasteiger charge is 2.24. The first-order valence-electron chi connectivity index (χ1n) is 6.00. The summed E-state index contributed by atoms with van der Waals surface area (Å²) in [5, 5.41) is 3.07. The zero-order valence-electron chi connectivity index (χ0n) is 11.6. The van der Waals surface area contributed by atoms with Crippen LogP contribution in [-0.4, -0.2) is 31.8 Å². The fourth-order valence-electron chi connectivity index (χ4n) is 0.852. The topological polar surface area (TPSA) is 46.2 Å². The first kappa shape index (κ1) is 22.3. The number of hydrogen-bond acceptors (Lipinski definition) is 3. The van der Waals surface area contributed by atoms with Crippen molar-refractivity contribution in [1.29, 1.82) is 0 Å². The third-order valence-electron chi connectivity index (χ3n) is 1.59. The Hall–Kier alpha value is -0.910. The van der Waals surface area contributed by atoms with Crippen molar-refractivity contribution in [2.75, 3.05) is 13.6 Å². The van der Waals surface area contributed by atoms with Crippen molar-refractivity contribution in [3.05, 3.63) is 0 Å². The van der Waals surface area contributed by atoms with Gasteiger partial charge in [-0.25, -0.2) is 0 Å². The molecule has 0 amide bonds. The average Bonchev–Trinajstić information content (AvgIpc) is 2.31. The van der Waals surface area contributed by atoms with Crippen molar-refractivity contribution in [3.8, 4) is 0 Å². The number of unbranched alkanes of at least 4 members (excludes halogenated alkanes) is 2. The number of carbonyl (C=O) groups is 2. The van der Waals surface area contributed by atoms with Gasteiger partial charge < -0.3 is 10.1 Å². The maximum Gasteiger partial charge on any atom is 0.446 e. The van der Waals surface area contributed by atoms with E-state index in [0.717, 1.165) is 19.4 Å². The molecular formula is C12H24F3NO2. The van der Waals surface area contributed by atoms with Crippen LogP contribution in [0.3, 0.4) is 0 Å². The molecule has 0 rings (SSSR count). The Bertz CT molecular complexity index is 194. The van der Waals surface area contributed by atoms with E-state index in [-0.39, 0.29) is 0 Å². The van der Waals surface area contributed by atoms with Crippen LogP contribution in [0, 0.1) is 0 Å². The summed E-state index contributed by atoms with van der Waals surface area (Å²) in [6.45, 7) is 6.72. The molecule has 110 valence electrons. The molecule has 0 atom stereocenters.